The van der Waals surface area contributed by atoms with E-state index in [0.717, 1.165) is 5.56 Å². The predicted octanol–water partition coefficient (Wildman–Crippen LogP) is 0.528. The topological polar surface area (TPSA) is 75.3 Å². The third-order valence-corrected chi connectivity index (χ3v) is 3.76. The maximum absolute atomic E-state index is 12.0. The number of hydrogen-bond acceptors (Lipinski definition) is 3. The number of barbiturate groups is 1. The standard InChI is InChI=1S/C13H12N2O3/c16-10-13(11(17)15-12(18)14-10)6-5-8-3-1-2-4-9(8)7-13/h1-4H,5-7H2,(H2,14,15,16,17,18). The van der Waals surface area contributed by atoms with E-state index in [1.54, 1.807) is 0 Å². The van der Waals surface area contributed by atoms with Crippen LogP contribution in [0.2, 0.25) is 0 Å². The van der Waals surface area contributed by atoms with E-state index in [9.17, 15) is 14.4 Å². The molecule has 4 amide bonds. The molecule has 2 aliphatic rings. The van der Waals surface area contributed by atoms with Crippen molar-refractivity contribution in [3.05, 3.63) is 35.4 Å². The summed E-state index contributed by atoms with van der Waals surface area (Å²) in [5.74, 6) is -0.962. The van der Waals surface area contributed by atoms with E-state index in [2.05, 4.69) is 10.6 Å². The number of carbonyl (C=O) groups excluding carboxylic acids is 3. The van der Waals surface area contributed by atoms with E-state index < -0.39 is 23.3 Å². The van der Waals surface area contributed by atoms with Crippen LogP contribution in [0.25, 0.3) is 0 Å². The van der Waals surface area contributed by atoms with Gasteiger partial charge in [-0.15, -0.1) is 0 Å². The number of nitrogens with one attached hydrogen (secondary N) is 2. The summed E-state index contributed by atoms with van der Waals surface area (Å²) in [6.07, 6.45) is 1.47. The van der Waals surface area contributed by atoms with Crippen molar-refractivity contribution in [3.63, 3.8) is 0 Å². The number of hydrogen-bond donors (Lipinski definition) is 2. The molecule has 0 aromatic heterocycles. The number of rotatable bonds is 0. The number of amides is 4. The van der Waals surface area contributed by atoms with E-state index in [1.165, 1.54) is 5.56 Å². The summed E-state index contributed by atoms with van der Waals surface area (Å²) in [4.78, 5) is 35.1. The summed E-state index contributed by atoms with van der Waals surface area (Å²) in [5.41, 5.74) is 1.05. The average Bonchev–Trinajstić information content (AvgIpc) is 2.36. The first-order valence-electron chi connectivity index (χ1n) is 5.85. The lowest BCUT2D eigenvalue weighted by Crippen LogP contribution is -2.63. The van der Waals surface area contributed by atoms with Gasteiger partial charge in [0, 0.05) is 0 Å². The molecule has 0 saturated carbocycles. The summed E-state index contributed by atoms with van der Waals surface area (Å²) < 4.78 is 0. The van der Waals surface area contributed by atoms with E-state index in [0.29, 0.717) is 19.3 Å². The third-order valence-electron chi connectivity index (χ3n) is 3.76. The summed E-state index contributed by atoms with van der Waals surface area (Å²) in [6.45, 7) is 0. The first-order chi connectivity index (χ1) is 8.62. The molecule has 1 saturated heterocycles. The minimum atomic E-state index is -1.12. The van der Waals surface area contributed by atoms with Gasteiger partial charge in [0.2, 0.25) is 11.8 Å². The van der Waals surface area contributed by atoms with Crippen LogP contribution in [0.3, 0.4) is 0 Å². The molecule has 0 atom stereocenters. The lowest BCUT2D eigenvalue weighted by atomic mass is 9.69. The average molecular weight is 244 g/mol. The van der Waals surface area contributed by atoms with Gasteiger partial charge in [-0.2, -0.15) is 0 Å². The zero-order chi connectivity index (χ0) is 12.8. The van der Waals surface area contributed by atoms with Crippen LogP contribution in [-0.4, -0.2) is 17.8 Å². The maximum atomic E-state index is 12.0. The van der Waals surface area contributed by atoms with Gasteiger partial charge in [-0.3, -0.25) is 20.2 Å². The number of imide groups is 2. The number of benzene rings is 1. The summed E-state index contributed by atoms with van der Waals surface area (Å²) in [6, 6.07) is 7.04. The van der Waals surface area contributed by atoms with Crippen molar-refractivity contribution < 1.29 is 14.4 Å². The van der Waals surface area contributed by atoms with Crippen LogP contribution in [0.1, 0.15) is 17.5 Å². The van der Waals surface area contributed by atoms with Gasteiger partial charge in [0.1, 0.15) is 5.41 Å². The molecule has 2 N–H and O–H groups in total. The number of carbonyl (C=O) groups is 3. The molecular formula is C13H12N2O3. The van der Waals surface area contributed by atoms with Crippen molar-refractivity contribution >= 4 is 17.8 Å². The Labute approximate surface area is 104 Å². The normalized spacial score (nSPS) is 21.2. The Morgan fingerprint density at radius 3 is 2.22 bits per heavy atom. The highest BCUT2D eigenvalue weighted by molar-refractivity contribution is 6.19. The number of urea groups is 1. The van der Waals surface area contributed by atoms with Gasteiger partial charge in [0.05, 0.1) is 0 Å². The summed E-state index contributed by atoms with van der Waals surface area (Å²) >= 11 is 0. The molecule has 1 heterocycles. The van der Waals surface area contributed by atoms with Gasteiger partial charge in [0.15, 0.2) is 0 Å². The molecule has 0 bridgehead atoms. The van der Waals surface area contributed by atoms with Crippen molar-refractivity contribution in [1.82, 2.24) is 10.6 Å². The van der Waals surface area contributed by atoms with Crippen molar-refractivity contribution in [3.8, 4) is 0 Å². The lowest BCUT2D eigenvalue weighted by Gasteiger charge is -2.37. The van der Waals surface area contributed by atoms with Crippen LogP contribution in [0.5, 0.6) is 0 Å². The second-order valence-electron chi connectivity index (χ2n) is 4.76. The lowest BCUT2D eigenvalue weighted by molar-refractivity contribution is -0.145. The molecular weight excluding hydrogens is 232 g/mol. The van der Waals surface area contributed by atoms with Crippen molar-refractivity contribution in [2.75, 3.05) is 0 Å². The van der Waals surface area contributed by atoms with Gasteiger partial charge in [-0.05, 0) is 30.4 Å². The monoisotopic (exact) mass is 244 g/mol. The molecule has 1 aromatic carbocycles. The summed E-state index contributed by atoms with van der Waals surface area (Å²) in [7, 11) is 0. The predicted molar refractivity (Wildman–Crippen MR) is 62.6 cm³/mol. The quantitative estimate of drug-likeness (QED) is 0.653. The van der Waals surface area contributed by atoms with Gasteiger partial charge >= 0.3 is 6.03 Å². The number of fused-ring (bicyclic) bond motifs is 1. The number of aryl methyl sites for hydroxylation is 1. The third kappa shape index (κ3) is 1.44. The zero-order valence-electron chi connectivity index (χ0n) is 9.66. The molecule has 3 rings (SSSR count). The molecule has 1 aliphatic heterocycles. The fourth-order valence-corrected chi connectivity index (χ4v) is 2.70. The second-order valence-corrected chi connectivity index (χ2v) is 4.76. The highest BCUT2D eigenvalue weighted by atomic mass is 16.2. The zero-order valence-corrected chi connectivity index (χ0v) is 9.66. The van der Waals surface area contributed by atoms with Crippen molar-refractivity contribution in [2.45, 2.75) is 19.3 Å². The highest BCUT2D eigenvalue weighted by Crippen LogP contribution is 2.37. The fourth-order valence-electron chi connectivity index (χ4n) is 2.70. The molecule has 0 radical (unpaired) electrons. The Morgan fingerprint density at radius 1 is 0.944 bits per heavy atom. The largest absolute Gasteiger partial charge is 0.328 e. The first kappa shape index (κ1) is 11.0. The first-order valence-corrected chi connectivity index (χ1v) is 5.85. The Morgan fingerprint density at radius 2 is 1.56 bits per heavy atom. The SMILES string of the molecule is O=C1NC(=O)C2(CCc3ccccc3C2)C(=O)N1. The van der Waals surface area contributed by atoms with E-state index >= 15 is 0 Å². The Balaban J connectivity index is 2.01. The molecule has 18 heavy (non-hydrogen) atoms. The molecule has 0 unspecified atom stereocenters. The van der Waals surface area contributed by atoms with Gasteiger partial charge in [-0.25, -0.2) is 4.79 Å². The molecule has 5 heteroatoms. The molecule has 1 spiro atoms. The Bertz CT molecular complexity index is 545. The molecule has 5 nitrogen and oxygen atoms in total. The fraction of sp³-hybridized carbons (Fsp3) is 0.308. The Kier molecular flexibility index (Phi) is 2.23. The van der Waals surface area contributed by atoms with E-state index in [4.69, 9.17) is 0 Å². The van der Waals surface area contributed by atoms with Crippen molar-refractivity contribution in [2.24, 2.45) is 5.41 Å². The maximum Gasteiger partial charge on any atom is 0.328 e. The van der Waals surface area contributed by atoms with Crippen LogP contribution < -0.4 is 10.6 Å². The van der Waals surface area contributed by atoms with Gasteiger partial charge in [-0.1, -0.05) is 24.3 Å². The van der Waals surface area contributed by atoms with Crippen LogP contribution in [0.15, 0.2) is 24.3 Å². The van der Waals surface area contributed by atoms with E-state index in [1.807, 2.05) is 24.3 Å². The van der Waals surface area contributed by atoms with Gasteiger partial charge < -0.3 is 0 Å². The van der Waals surface area contributed by atoms with Crippen LogP contribution in [0.4, 0.5) is 4.79 Å². The molecule has 1 aliphatic carbocycles. The minimum Gasteiger partial charge on any atom is -0.277 e. The minimum absolute atomic E-state index is 0.355. The summed E-state index contributed by atoms with van der Waals surface area (Å²) in [5, 5.41) is 4.38. The molecule has 1 aromatic rings. The smallest absolute Gasteiger partial charge is 0.277 e. The van der Waals surface area contributed by atoms with E-state index in [-0.39, 0.29) is 0 Å². The van der Waals surface area contributed by atoms with Crippen LogP contribution in [-0.2, 0) is 22.4 Å². The van der Waals surface area contributed by atoms with Crippen molar-refractivity contribution in [1.29, 1.82) is 0 Å². The van der Waals surface area contributed by atoms with Crippen LogP contribution >= 0.6 is 0 Å². The second kappa shape index (κ2) is 3.66. The molecule has 92 valence electrons. The Hall–Kier alpha value is -2.17. The highest BCUT2D eigenvalue weighted by Gasteiger charge is 2.51. The van der Waals surface area contributed by atoms with Gasteiger partial charge in [0.25, 0.3) is 0 Å². The molecule has 1 fully saturated rings. The van der Waals surface area contributed by atoms with Crippen LogP contribution in [0, 0.1) is 5.41 Å².